The molecular formula is C20H28N2O2. The second kappa shape index (κ2) is 6.75. The number of benzene rings is 1. The first kappa shape index (κ1) is 15.9. The van der Waals surface area contributed by atoms with Crippen LogP contribution in [0.2, 0.25) is 0 Å². The molecule has 0 N–H and O–H groups in total. The fraction of sp³-hybridized carbons (Fsp3) is 0.650. The van der Waals surface area contributed by atoms with Crippen LogP contribution in [-0.4, -0.2) is 41.4 Å². The number of carbonyl (C=O) groups excluding carboxylic acids is 1. The van der Waals surface area contributed by atoms with Gasteiger partial charge in [-0.25, -0.2) is 0 Å². The Hall–Kier alpha value is -1.55. The van der Waals surface area contributed by atoms with Gasteiger partial charge in [0, 0.05) is 24.6 Å². The molecule has 1 saturated heterocycles. The van der Waals surface area contributed by atoms with Crippen LogP contribution in [0.3, 0.4) is 0 Å². The Balaban J connectivity index is 1.52. The van der Waals surface area contributed by atoms with Crippen molar-refractivity contribution in [2.24, 2.45) is 5.92 Å². The highest BCUT2D eigenvalue weighted by molar-refractivity contribution is 5.80. The van der Waals surface area contributed by atoms with Crippen LogP contribution < -0.4 is 4.74 Å². The molecule has 0 radical (unpaired) electrons. The summed E-state index contributed by atoms with van der Waals surface area (Å²) in [6.07, 6.45) is 5.95. The minimum Gasteiger partial charge on any atom is -0.491 e. The summed E-state index contributed by atoms with van der Waals surface area (Å²) in [5.41, 5.74) is 2.51. The van der Waals surface area contributed by atoms with E-state index in [4.69, 9.17) is 4.74 Å². The van der Waals surface area contributed by atoms with Crippen LogP contribution in [0.25, 0.3) is 0 Å². The summed E-state index contributed by atoms with van der Waals surface area (Å²) in [5.74, 6) is 1.54. The number of rotatable bonds is 3. The Bertz CT molecular complexity index is 606. The molecule has 1 aliphatic carbocycles. The Morgan fingerprint density at radius 2 is 2.00 bits per heavy atom. The maximum absolute atomic E-state index is 12.8. The second-order valence-corrected chi connectivity index (χ2v) is 7.68. The lowest BCUT2D eigenvalue weighted by atomic mass is 9.84. The minimum atomic E-state index is 0.146. The lowest BCUT2D eigenvalue weighted by Crippen LogP contribution is -2.44. The molecule has 1 aromatic carbocycles. The van der Waals surface area contributed by atoms with Gasteiger partial charge in [0.2, 0.25) is 5.91 Å². The molecule has 0 spiro atoms. The summed E-state index contributed by atoms with van der Waals surface area (Å²) in [5, 5.41) is 0. The van der Waals surface area contributed by atoms with E-state index >= 15 is 0 Å². The van der Waals surface area contributed by atoms with Crippen LogP contribution in [0.15, 0.2) is 18.2 Å². The van der Waals surface area contributed by atoms with E-state index in [1.54, 1.807) is 0 Å². The van der Waals surface area contributed by atoms with Crippen molar-refractivity contribution < 1.29 is 9.53 Å². The van der Waals surface area contributed by atoms with Crippen molar-refractivity contribution in [2.45, 2.75) is 58.2 Å². The Morgan fingerprint density at radius 1 is 1.21 bits per heavy atom. The molecule has 4 nitrogen and oxygen atoms in total. The van der Waals surface area contributed by atoms with Crippen LogP contribution in [-0.2, 0) is 17.9 Å². The Morgan fingerprint density at radius 3 is 2.71 bits per heavy atom. The molecule has 1 saturated carbocycles. The fourth-order valence-corrected chi connectivity index (χ4v) is 4.02. The van der Waals surface area contributed by atoms with Gasteiger partial charge < -0.3 is 9.64 Å². The third-order valence-corrected chi connectivity index (χ3v) is 5.82. The normalized spacial score (nSPS) is 24.9. The molecule has 4 heteroatoms. The summed E-state index contributed by atoms with van der Waals surface area (Å²) >= 11 is 0. The van der Waals surface area contributed by atoms with E-state index in [-0.39, 0.29) is 12.0 Å². The molecule has 0 aromatic heterocycles. The molecule has 1 atom stereocenters. The average Bonchev–Trinajstić information content (AvgIpc) is 2.96. The molecule has 130 valence electrons. The van der Waals surface area contributed by atoms with Gasteiger partial charge in [0.05, 0.1) is 6.04 Å². The lowest BCUT2D eigenvalue weighted by Gasteiger charge is -2.34. The van der Waals surface area contributed by atoms with Crippen LogP contribution in [0, 0.1) is 5.92 Å². The second-order valence-electron chi connectivity index (χ2n) is 7.68. The lowest BCUT2D eigenvalue weighted by molar-refractivity contribution is -0.141. The quantitative estimate of drug-likeness (QED) is 0.854. The molecule has 0 unspecified atom stereocenters. The van der Waals surface area contributed by atoms with E-state index in [1.807, 2.05) is 0 Å². The summed E-state index contributed by atoms with van der Waals surface area (Å²) in [4.78, 5) is 17.3. The number of likely N-dealkylation sites (tertiary alicyclic amines) is 1. The zero-order valence-electron chi connectivity index (χ0n) is 14.7. The molecule has 1 aromatic rings. The van der Waals surface area contributed by atoms with E-state index in [1.165, 1.54) is 43.5 Å². The van der Waals surface area contributed by atoms with Crippen molar-refractivity contribution >= 4 is 5.91 Å². The molecule has 24 heavy (non-hydrogen) atoms. The first-order valence-corrected chi connectivity index (χ1v) is 9.48. The van der Waals surface area contributed by atoms with Gasteiger partial charge in [0.25, 0.3) is 0 Å². The molecule has 2 aliphatic heterocycles. The molecule has 1 amide bonds. The van der Waals surface area contributed by atoms with E-state index in [2.05, 4.69) is 34.9 Å². The number of ether oxygens (including phenoxy) is 1. The molecule has 3 aliphatic rings. The van der Waals surface area contributed by atoms with Crippen molar-refractivity contribution in [2.75, 3.05) is 19.7 Å². The van der Waals surface area contributed by atoms with Crippen molar-refractivity contribution in [3.8, 4) is 5.75 Å². The molecule has 4 rings (SSSR count). The van der Waals surface area contributed by atoms with Gasteiger partial charge >= 0.3 is 0 Å². The molecule has 2 fully saturated rings. The highest BCUT2D eigenvalue weighted by Gasteiger charge is 2.33. The standard InChI is InChI=1S/C20H28N2O2/c1-15-14-24-19-8-7-16(12-21-9-2-3-10-21)11-18(19)13-22(15)20(23)17-5-4-6-17/h7-8,11,15,17H,2-6,9-10,12-14H2,1H3/t15-/m0/s1. The number of carbonyl (C=O) groups is 1. The number of hydrogen-bond donors (Lipinski definition) is 0. The Labute approximate surface area is 144 Å². The fourth-order valence-electron chi connectivity index (χ4n) is 4.02. The van der Waals surface area contributed by atoms with Crippen molar-refractivity contribution in [3.63, 3.8) is 0 Å². The Kier molecular flexibility index (Phi) is 4.49. The maximum atomic E-state index is 12.8. The predicted octanol–water partition coefficient (Wildman–Crippen LogP) is 3.19. The van der Waals surface area contributed by atoms with E-state index < -0.39 is 0 Å². The van der Waals surface area contributed by atoms with Gasteiger partial charge in [0.1, 0.15) is 12.4 Å². The average molecular weight is 328 g/mol. The third-order valence-electron chi connectivity index (χ3n) is 5.82. The summed E-state index contributed by atoms with van der Waals surface area (Å²) in [7, 11) is 0. The topological polar surface area (TPSA) is 32.8 Å². The smallest absolute Gasteiger partial charge is 0.226 e. The van der Waals surface area contributed by atoms with Gasteiger partial charge in [-0.2, -0.15) is 0 Å². The van der Waals surface area contributed by atoms with Gasteiger partial charge in [-0.3, -0.25) is 9.69 Å². The zero-order chi connectivity index (χ0) is 16.5. The molecular weight excluding hydrogens is 300 g/mol. The first-order valence-electron chi connectivity index (χ1n) is 9.48. The van der Waals surface area contributed by atoms with Crippen LogP contribution in [0.5, 0.6) is 5.75 Å². The first-order chi connectivity index (χ1) is 11.7. The number of amides is 1. The number of fused-ring (bicyclic) bond motifs is 1. The van der Waals surface area contributed by atoms with Crippen LogP contribution in [0.1, 0.15) is 50.2 Å². The zero-order valence-corrected chi connectivity index (χ0v) is 14.7. The van der Waals surface area contributed by atoms with E-state index in [0.717, 1.165) is 25.1 Å². The largest absolute Gasteiger partial charge is 0.491 e. The van der Waals surface area contributed by atoms with E-state index in [9.17, 15) is 4.79 Å². The van der Waals surface area contributed by atoms with E-state index in [0.29, 0.717) is 19.1 Å². The van der Waals surface area contributed by atoms with Crippen LogP contribution >= 0.6 is 0 Å². The number of hydrogen-bond acceptors (Lipinski definition) is 3. The number of nitrogens with zero attached hydrogens (tertiary/aromatic N) is 2. The van der Waals surface area contributed by atoms with Gasteiger partial charge in [0.15, 0.2) is 0 Å². The van der Waals surface area contributed by atoms with Crippen molar-refractivity contribution in [3.05, 3.63) is 29.3 Å². The van der Waals surface area contributed by atoms with Gasteiger partial charge in [-0.15, -0.1) is 0 Å². The highest BCUT2D eigenvalue weighted by atomic mass is 16.5. The predicted molar refractivity (Wildman–Crippen MR) is 93.8 cm³/mol. The summed E-state index contributed by atoms with van der Waals surface area (Å²) in [6, 6.07) is 6.69. The third kappa shape index (κ3) is 3.16. The van der Waals surface area contributed by atoms with Gasteiger partial charge in [-0.05, 0) is 63.4 Å². The molecule has 2 heterocycles. The van der Waals surface area contributed by atoms with Gasteiger partial charge in [-0.1, -0.05) is 12.5 Å². The van der Waals surface area contributed by atoms with Crippen LogP contribution in [0.4, 0.5) is 0 Å². The molecule has 0 bridgehead atoms. The highest BCUT2D eigenvalue weighted by Crippen LogP contribution is 2.32. The maximum Gasteiger partial charge on any atom is 0.226 e. The minimum absolute atomic E-state index is 0.146. The van der Waals surface area contributed by atoms with Crippen molar-refractivity contribution in [1.29, 1.82) is 0 Å². The van der Waals surface area contributed by atoms with Crippen molar-refractivity contribution in [1.82, 2.24) is 9.80 Å². The summed E-state index contributed by atoms with van der Waals surface area (Å²) < 4.78 is 5.99. The summed E-state index contributed by atoms with van der Waals surface area (Å²) in [6.45, 7) is 6.82. The monoisotopic (exact) mass is 328 g/mol. The SMILES string of the molecule is C[C@H]1COc2ccc(CN3CCCC3)cc2CN1C(=O)C1CCC1.